The molecule has 0 spiro atoms. The Morgan fingerprint density at radius 1 is 0.769 bits per heavy atom. The number of benzene rings is 3. The lowest BCUT2D eigenvalue weighted by Crippen LogP contribution is -2.25. The molecule has 4 rings (SSSR count). The third-order valence-corrected chi connectivity index (χ3v) is 7.56. The maximum Gasteiger partial charge on any atom is 0.248 e. The number of hydrogen-bond acceptors (Lipinski definition) is 1. The Morgan fingerprint density at radius 2 is 1.35 bits per heavy atom. The van der Waals surface area contributed by atoms with E-state index in [0.717, 1.165) is 21.6 Å². The highest BCUT2D eigenvalue weighted by Crippen LogP contribution is 2.42. The molecule has 0 bridgehead atoms. The lowest BCUT2D eigenvalue weighted by atomic mass is 10.3. The van der Waals surface area contributed by atoms with Crippen LogP contribution < -0.4 is 20.5 Å². The topological polar surface area (TPSA) is 25.9 Å². The van der Waals surface area contributed by atoms with Gasteiger partial charge in [0.1, 0.15) is 18.1 Å². The fourth-order valence-electron chi connectivity index (χ4n) is 3.18. The van der Waals surface area contributed by atoms with Crippen molar-refractivity contribution in [1.82, 2.24) is 4.57 Å². The van der Waals surface area contributed by atoms with Gasteiger partial charge in [0.05, 0.1) is 7.05 Å². The van der Waals surface area contributed by atoms with E-state index in [9.17, 15) is 4.57 Å². The third kappa shape index (κ3) is 2.91. The Morgan fingerprint density at radius 3 is 1.88 bits per heavy atom. The van der Waals surface area contributed by atoms with E-state index in [1.54, 1.807) is 0 Å². The van der Waals surface area contributed by atoms with E-state index in [2.05, 4.69) is 0 Å². The maximum atomic E-state index is 14.4. The van der Waals surface area contributed by atoms with Crippen LogP contribution in [-0.2, 0) is 11.6 Å². The highest BCUT2D eigenvalue weighted by atomic mass is 31.2. The van der Waals surface area contributed by atoms with E-state index in [1.165, 1.54) is 0 Å². The summed E-state index contributed by atoms with van der Waals surface area (Å²) in [5.41, 5.74) is 0.996. The molecule has 1 aromatic heterocycles. The minimum atomic E-state index is -2.94. The van der Waals surface area contributed by atoms with Crippen molar-refractivity contribution in [2.24, 2.45) is 7.05 Å². The zero-order valence-electron chi connectivity index (χ0n) is 14.6. The minimum absolute atomic E-state index is 0.837. The first-order valence-electron chi connectivity index (χ1n) is 8.53. The molecule has 0 aliphatic rings. The molecule has 26 heavy (non-hydrogen) atoms. The summed E-state index contributed by atoms with van der Waals surface area (Å²) in [5, 5.41) is 2.53. The second-order valence-corrected chi connectivity index (χ2v) is 9.05. The average molecular weight is 359 g/mol. The molecule has 0 saturated heterocycles. The van der Waals surface area contributed by atoms with Crippen molar-refractivity contribution >= 4 is 23.1 Å². The highest BCUT2D eigenvalue weighted by Gasteiger charge is 2.30. The third-order valence-electron chi connectivity index (χ3n) is 4.50. The molecule has 3 aromatic carbocycles. The van der Waals surface area contributed by atoms with Crippen molar-refractivity contribution in [1.29, 1.82) is 0 Å². The predicted octanol–water partition coefficient (Wildman–Crippen LogP) is 2.94. The molecule has 0 atom stereocenters. The number of nitrogens with zero attached hydrogens (tertiary/aromatic N) is 2. The Balaban J connectivity index is 1.92. The van der Waals surface area contributed by atoms with Gasteiger partial charge in [-0.2, -0.15) is 0 Å². The monoisotopic (exact) mass is 359 g/mol. The van der Waals surface area contributed by atoms with Crippen molar-refractivity contribution in [3.05, 3.63) is 104 Å². The van der Waals surface area contributed by atoms with Gasteiger partial charge in [0.15, 0.2) is 7.14 Å². The van der Waals surface area contributed by atoms with Crippen LogP contribution in [-0.4, -0.2) is 4.57 Å². The van der Waals surface area contributed by atoms with Gasteiger partial charge in [0.25, 0.3) is 0 Å². The summed E-state index contributed by atoms with van der Waals surface area (Å²) in [4.78, 5) is 0. The standard InChI is InChI=1S/C22H20N2OP/c1-23-15-16-24(18-23)19-9-8-14-22(17-19)26(25,20-10-4-2-5-11-20)21-12-6-3-7-13-21/h2-18H,1H3/q+1. The van der Waals surface area contributed by atoms with Crippen LogP contribution in [0.4, 0.5) is 0 Å². The number of aromatic nitrogens is 2. The molecule has 0 N–H and O–H groups in total. The van der Waals surface area contributed by atoms with Crippen LogP contribution in [0.5, 0.6) is 0 Å². The number of imidazole rings is 1. The van der Waals surface area contributed by atoms with Crippen molar-refractivity contribution in [3.8, 4) is 5.69 Å². The van der Waals surface area contributed by atoms with Gasteiger partial charge in [-0.3, -0.25) is 0 Å². The number of rotatable bonds is 4. The van der Waals surface area contributed by atoms with Gasteiger partial charge >= 0.3 is 0 Å². The number of hydrogen-bond donors (Lipinski definition) is 0. The van der Waals surface area contributed by atoms with Gasteiger partial charge in [0, 0.05) is 15.9 Å². The fraction of sp³-hybridized carbons (Fsp3) is 0.0455. The predicted molar refractivity (Wildman–Crippen MR) is 106 cm³/mol. The molecular weight excluding hydrogens is 339 g/mol. The van der Waals surface area contributed by atoms with Gasteiger partial charge < -0.3 is 4.57 Å². The second-order valence-electron chi connectivity index (χ2n) is 6.29. The molecular formula is C22H20N2OP+. The Hall–Kier alpha value is -2.90. The van der Waals surface area contributed by atoms with Crippen molar-refractivity contribution < 1.29 is 9.13 Å². The summed E-state index contributed by atoms with van der Waals surface area (Å²) in [5.74, 6) is 0. The molecule has 0 radical (unpaired) electrons. The average Bonchev–Trinajstić information content (AvgIpc) is 3.15. The van der Waals surface area contributed by atoms with E-state index in [4.69, 9.17) is 0 Å². The van der Waals surface area contributed by atoms with Crippen LogP contribution >= 0.6 is 7.14 Å². The zero-order valence-corrected chi connectivity index (χ0v) is 15.5. The molecule has 3 nitrogen and oxygen atoms in total. The molecule has 4 aromatic rings. The summed E-state index contributed by atoms with van der Waals surface area (Å²) in [6, 6.07) is 27.5. The van der Waals surface area contributed by atoms with E-state index in [1.807, 2.05) is 120 Å². The van der Waals surface area contributed by atoms with Crippen molar-refractivity contribution in [3.63, 3.8) is 0 Å². The summed E-state index contributed by atoms with van der Waals surface area (Å²) >= 11 is 0. The van der Waals surface area contributed by atoms with E-state index in [-0.39, 0.29) is 0 Å². The van der Waals surface area contributed by atoms with E-state index >= 15 is 0 Å². The molecule has 1 heterocycles. The summed E-state index contributed by atoms with van der Waals surface area (Å²) in [7, 11) is -0.952. The van der Waals surface area contributed by atoms with Gasteiger partial charge in [-0.25, -0.2) is 9.13 Å². The molecule has 0 amide bonds. The second kappa shape index (κ2) is 6.78. The van der Waals surface area contributed by atoms with Gasteiger partial charge in [-0.05, 0) is 12.1 Å². The SMILES string of the molecule is C[n+]1ccn(-c2cccc(P(=O)(c3ccccc3)c3ccccc3)c2)c1. The quantitative estimate of drug-likeness (QED) is 0.406. The first kappa shape index (κ1) is 16.6. The van der Waals surface area contributed by atoms with Gasteiger partial charge in [-0.15, -0.1) is 0 Å². The number of aryl methyl sites for hydroxylation is 1. The molecule has 0 saturated carbocycles. The molecule has 0 aliphatic heterocycles. The molecule has 4 heteroatoms. The summed E-state index contributed by atoms with van der Waals surface area (Å²) in [6.07, 6.45) is 5.98. The van der Waals surface area contributed by atoms with Crippen LogP contribution in [0.3, 0.4) is 0 Å². The van der Waals surface area contributed by atoms with Crippen LogP contribution in [0.1, 0.15) is 0 Å². The first-order valence-corrected chi connectivity index (χ1v) is 10.2. The lowest BCUT2D eigenvalue weighted by molar-refractivity contribution is -0.670. The smallest absolute Gasteiger partial charge is 0.248 e. The largest absolute Gasteiger partial charge is 0.309 e. The van der Waals surface area contributed by atoms with Crippen molar-refractivity contribution in [2.75, 3.05) is 0 Å². The lowest BCUT2D eigenvalue weighted by Gasteiger charge is -2.20. The molecule has 128 valence electrons. The molecule has 0 unspecified atom stereocenters. The highest BCUT2D eigenvalue weighted by molar-refractivity contribution is 7.85. The summed E-state index contributed by atoms with van der Waals surface area (Å²) in [6.45, 7) is 0. The Kier molecular flexibility index (Phi) is 4.32. The summed E-state index contributed by atoms with van der Waals surface area (Å²) < 4.78 is 18.4. The van der Waals surface area contributed by atoms with Crippen LogP contribution in [0, 0.1) is 0 Å². The maximum absolute atomic E-state index is 14.4. The zero-order chi connectivity index (χ0) is 18.0. The molecule has 0 aliphatic carbocycles. The van der Waals surface area contributed by atoms with E-state index < -0.39 is 7.14 Å². The van der Waals surface area contributed by atoms with Crippen LogP contribution in [0.2, 0.25) is 0 Å². The van der Waals surface area contributed by atoms with Crippen molar-refractivity contribution in [2.45, 2.75) is 0 Å². The fourth-order valence-corrected chi connectivity index (χ4v) is 5.86. The van der Waals surface area contributed by atoms with Crippen LogP contribution in [0.25, 0.3) is 5.69 Å². The van der Waals surface area contributed by atoms with Gasteiger partial charge in [0.2, 0.25) is 6.33 Å². The molecule has 0 fully saturated rings. The Labute approximate surface area is 153 Å². The van der Waals surface area contributed by atoms with Gasteiger partial charge in [-0.1, -0.05) is 72.8 Å². The Bertz CT molecular complexity index is 1030. The minimum Gasteiger partial charge on any atom is -0.309 e. The van der Waals surface area contributed by atoms with Crippen LogP contribution in [0.15, 0.2) is 104 Å². The normalized spacial score (nSPS) is 11.4. The first-order chi connectivity index (χ1) is 12.7. The van der Waals surface area contributed by atoms with E-state index in [0.29, 0.717) is 0 Å².